The molecular weight excluding hydrogens is 258 g/mol. The Hall–Kier alpha value is -2.63. The minimum Gasteiger partial charge on any atom is -0.455 e. The van der Waals surface area contributed by atoms with Crippen molar-refractivity contribution in [3.05, 3.63) is 48.3 Å². The molecule has 0 atom stereocenters. The quantitative estimate of drug-likeness (QED) is 0.814. The molecule has 6 nitrogen and oxygen atoms in total. The van der Waals surface area contributed by atoms with Crippen LogP contribution in [0.1, 0.15) is 5.56 Å². The fourth-order valence-electron chi connectivity index (χ4n) is 1.61. The molecule has 20 heavy (non-hydrogen) atoms. The molecule has 6 heteroatoms. The van der Waals surface area contributed by atoms with Crippen LogP contribution in [-0.4, -0.2) is 35.3 Å². The molecule has 0 aliphatic rings. The highest BCUT2D eigenvalue weighted by atomic mass is 16.5. The second kappa shape index (κ2) is 6.51. The molecule has 104 valence electrons. The Morgan fingerprint density at radius 2 is 2.05 bits per heavy atom. The number of carbonyl (C=O) groups excluding carboxylic acids is 2. The molecule has 2 aromatic rings. The first-order valence-corrected chi connectivity index (χ1v) is 6.14. The Balaban J connectivity index is 1.93. The summed E-state index contributed by atoms with van der Waals surface area (Å²) < 4.78 is 6.51. The Morgan fingerprint density at radius 1 is 1.30 bits per heavy atom. The summed E-state index contributed by atoms with van der Waals surface area (Å²) in [6.07, 6.45) is 3.45. The molecule has 1 aromatic carbocycles. The summed E-state index contributed by atoms with van der Waals surface area (Å²) >= 11 is 0. The predicted molar refractivity (Wildman–Crippen MR) is 72.3 cm³/mol. The molecule has 0 saturated heterocycles. The minimum absolute atomic E-state index is 0.0871. The van der Waals surface area contributed by atoms with E-state index in [4.69, 9.17) is 4.74 Å². The third kappa shape index (κ3) is 3.68. The van der Waals surface area contributed by atoms with E-state index in [1.165, 1.54) is 7.05 Å². The van der Waals surface area contributed by atoms with E-state index < -0.39 is 5.97 Å². The minimum atomic E-state index is -0.457. The zero-order valence-electron chi connectivity index (χ0n) is 11.1. The lowest BCUT2D eigenvalue weighted by molar-refractivity contribution is -0.147. The van der Waals surface area contributed by atoms with E-state index in [0.29, 0.717) is 0 Å². The number of likely N-dealkylation sites (N-methyl/N-ethyl adjacent to an activating group) is 1. The van der Waals surface area contributed by atoms with Gasteiger partial charge in [-0.15, -0.1) is 0 Å². The summed E-state index contributed by atoms with van der Waals surface area (Å²) in [6.45, 7) is -0.262. The first kappa shape index (κ1) is 13.8. The molecule has 0 spiro atoms. The van der Waals surface area contributed by atoms with Gasteiger partial charge in [-0.2, -0.15) is 5.10 Å². The van der Waals surface area contributed by atoms with Gasteiger partial charge in [0.05, 0.1) is 18.3 Å². The lowest BCUT2D eigenvalue weighted by atomic mass is 10.2. The third-order valence-corrected chi connectivity index (χ3v) is 2.65. The number of rotatable bonds is 5. The lowest BCUT2D eigenvalue weighted by Crippen LogP contribution is -2.25. The molecule has 0 saturated carbocycles. The average Bonchev–Trinajstić information content (AvgIpc) is 2.94. The van der Waals surface area contributed by atoms with Crippen LogP contribution in [0.25, 0.3) is 5.69 Å². The van der Waals surface area contributed by atoms with E-state index in [2.05, 4.69) is 10.4 Å². The van der Waals surface area contributed by atoms with Gasteiger partial charge < -0.3 is 10.1 Å². The van der Waals surface area contributed by atoms with Crippen molar-refractivity contribution in [3.63, 3.8) is 0 Å². The van der Waals surface area contributed by atoms with E-state index in [-0.39, 0.29) is 18.9 Å². The van der Waals surface area contributed by atoms with Crippen molar-refractivity contribution in [2.75, 3.05) is 13.7 Å². The molecule has 0 aliphatic heterocycles. The van der Waals surface area contributed by atoms with Crippen molar-refractivity contribution in [1.29, 1.82) is 0 Å². The van der Waals surface area contributed by atoms with Crippen molar-refractivity contribution in [3.8, 4) is 5.69 Å². The molecule has 0 unspecified atom stereocenters. The first-order chi connectivity index (χ1) is 9.69. The molecule has 0 radical (unpaired) electrons. The fraction of sp³-hybridized carbons (Fsp3) is 0.214. The van der Waals surface area contributed by atoms with Crippen LogP contribution in [0.15, 0.2) is 42.7 Å². The van der Waals surface area contributed by atoms with Crippen LogP contribution in [0.4, 0.5) is 0 Å². The maximum Gasteiger partial charge on any atom is 0.310 e. The van der Waals surface area contributed by atoms with Crippen LogP contribution in [0.5, 0.6) is 0 Å². The van der Waals surface area contributed by atoms with Crippen molar-refractivity contribution in [1.82, 2.24) is 15.1 Å². The Bertz CT molecular complexity index is 593. The fourth-order valence-corrected chi connectivity index (χ4v) is 1.61. The van der Waals surface area contributed by atoms with Crippen LogP contribution in [0.2, 0.25) is 0 Å². The summed E-state index contributed by atoms with van der Waals surface area (Å²) in [5.74, 6) is -0.792. The number of amides is 1. The highest BCUT2D eigenvalue weighted by Gasteiger charge is 2.09. The molecule has 0 aliphatic carbocycles. The van der Waals surface area contributed by atoms with E-state index in [1.807, 2.05) is 30.3 Å². The number of esters is 1. The number of ether oxygens (including phenoxy) is 1. The normalized spacial score (nSPS) is 10.1. The number of hydrogen-bond acceptors (Lipinski definition) is 4. The highest BCUT2D eigenvalue weighted by molar-refractivity contribution is 5.80. The summed E-state index contributed by atoms with van der Waals surface area (Å²) in [4.78, 5) is 22.5. The Labute approximate surface area is 116 Å². The van der Waals surface area contributed by atoms with Crippen LogP contribution >= 0.6 is 0 Å². The number of hydrogen-bond donors (Lipinski definition) is 1. The van der Waals surface area contributed by atoms with Crippen LogP contribution in [0.3, 0.4) is 0 Å². The van der Waals surface area contributed by atoms with Crippen molar-refractivity contribution >= 4 is 11.9 Å². The summed E-state index contributed by atoms with van der Waals surface area (Å²) in [6, 6.07) is 9.58. The van der Waals surface area contributed by atoms with Crippen molar-refractivity contribution in [2.24, 2.45) is 0 Å². The van der Waals surface area contributed by atoms with Gasteiger partial charge in [0.25, 0.3) is 5.91 Å². The van der Waals surface area contributed by atoms with Crippen LogP contribution in [0, 0.1) is 0 Å². The molecule has 1 N–H and O–H groups in total. The molecule has 2 rings (SSSR count). The Morgan fingerprint density at radius 3 is 2.75 bits per heavy atom. The molecule has 0 bridgehead atoms. The van der Waals surface area contributed by atoms with E-state index in [1.54, 1.807) is 17.1 Å². The Kier molecular flexibility index (Phi) is 4.49. The number of nitrogens with zero attached hydrogens (tertiary/aromatic N) is 2. The zero-order chi connectivity index (χ0) is 14.4. The number of carbonyl (C=O) groups is 2. The van der Waals surface area contributed by atoms with Crippen molar-refractivity contribution in [2.45, 2.75) is 6.42 Å². The summed E-state index contributed by atoms with van der Waals surface area (Å²) in [5.41, 5.74) is 1.65. The standard InChI is InChI=1S/C14H15N3O3/c1-15-13(18)10-20-14(19)7-11-8-16-17(9-11)12-5-3-2-4-6-12/h2-6,8-9H,7,10H2,1H3,(H,15,18). The number of benzene rings is 1. The summed E-state index contributed by atoms with van der Waals surface area (Å²) in [7, 11) is 1.49. The summed E-state index contributed by atoms with van der Waals surface area (Å²) in [5, 5.41) is 6.56. The SMILES string of the molecule is CNC(=O)COC(=O)Cc1cnn(-c2ccccc2)c1. The molecule has 1 heterocycles. The van der Waals surface area contributed by atoms with Gasteiger partial charge in [-0.1, -0.05) is 18.2 Å². The molecule has 0 fully saturated rings. The van der Waals surface area contributed by atoms with Gasteiger partial charge in [0, 0.05) is 18.8 Å². The van der Waals surface area contributed by atoms with Gasteiger partial charge >= 0.3 is 5.97 Å². The van der Waals surface area contributed by atoms with Crippen LogP contribution < -0.4 is 5.32 Å². The first-order valence-electron chi connectivity index (χ1n) is 6.14. The van der Waals surface area contributed by atoms with E-state index in [9.17, 15) is 9.59 Å². The van der Waals surface area contributed by atoms with Gasteiger partial charge in [-0.3, -0.25) is 9.59 Å². The second-order valence-corrected chi connectivity index (χ2v) is 4.14. The van der Waals surface area contributed by atoms with Gasteiger partial charge in [-0.05, 0) is 12.1 Å². The van der Waals surface area contributed by atoms with Gasteiger partial charge in [-0.25, -0.2) is 4.68 Å². The number of para-hydroxylation sites is 1. The van der Waals surface area contributed by atoms with E-state index >= 15 is 0 Å². The zero-order valence-corrected chi connectivity index (χ0v) is 11.1. The maximum atomic E-state index is 11.5. The number of aromatic nitrogens is 2. The average molecular weight is 273 g/mol. The highest BCUT2D eigenvalue weighted by Crippen LogP contribution is 2.08. The maximum absolute atomic E-state index is 11.5. The van der Waals surface area contributed by atoms with Crippen LogP contribution in [-0.2, 0) is 20.7 Å². The van der Waals surface area contributed by atoms with Gasteiger partial charge in [0.15, 0.2) is 6.61 Å². The number of nitrogens with one attached hydrogen (secondary N) is 1. The van der Waals surface area contributed by atoms with E-state index in [0.717, 1.165) is 11.3 Å². The van der Waals surface area contributed by atoms with Gasteiger partial charge in [0.2, 0.25) is 0 Å². The molecule has 1 amide bonds. The molecular formula is C14H15N3O3. The molecule has 1 aromatic heterocycles. The third-order valence-electron chi connectivity index (χ3n) is 2.65. The van der Waals surface area contributed by atoms with Crippen molar-refractivity contribution < 1.29 is 14.3 Å². The predicted octanol–water partition coefficient (Wildman–Crippen LogP) is 0.704. The lowest BCUT2D eigenvalue weighted by Gasteiger charge is -2.02. The van der Waals surface area contributed by atoms with Gasteiger partial charge in [0.1, 0.15) is 0 Å². The largest absolute Gasteiger partial charge is 0.455 e. The smallest absolute Gasteiger partial charge is 0.310 e. The second-order valence-electron chi connectivity index (χ2n) is 4.14. The monoisotopic (exact) mass is 273 g/mol. The topological polar surface area (TPSA) is 73.2 Å².